The highest BCUT2D eigenvalue weighted by Gasteiger charge is 2.51. The molecule has 21 heavy (non-hydrogen) atoms. The van der Waals surface area contributed by atoms with Gasteiger partial charge in [-0.05, 0) is 6.07 Å². The molecular weight excluding hydrogens is 301 g/mol. The molecule has 7 nitrogen and oxygen atoms in total. The summed E-state index contributed by atoms with van der Waals surface area (Å²) in [5.74, 6) is -0.392. The van der Waals surface area contributed by atoms with Gasteiger partial charge >= 0.3 is 0 Å². The van der Waals surface area contributed by atoms with Gasteiger partial charge < -0.3 is 10.5 Å². The average Bonchev–Trinajstić information content (AvgIpc) is 2.36. The number of amidine groups is 1. The molecule has 3 rings (SSSR count). The first-order valence-corrected chi connectivity index (χ1v) is 7.50. The minimum Gasteiger partial charge on any atom is -0.386 e. The third-order valence-corrected chi connectivity index (χ3v) is 5.66. The summed E-state index contributed by atoms with van der Waals surface area (Å²) in [6, 6.07) is 2.42. The van der Waals surface area contributed by atoms with Crippen LogP contribution in [0.15, 0.2) is 23.2 Å². The highest BCUT2D eigenvalue weighted by Crippen LogP contribution is 2.35. The van der Waals surface area contributed by atoms with Gasteiger partial charge in [-0.25, -0.2) is 4.39 Å². The van der Waals surface area contributed by atoms with E-state index in [1.165, 1.54) is 0 Å². The summed E-state index contributed by atoms with van der Waals surface area (Å²) in [6.07, 6.45) is 0. The Bertz CT molecular complexity index is 674. The first kappa shape index (κ1) is 14.1. The van der Waals surface area contributed by atoms with E-state index in [-0.39, 0.29) is 36.1 Å². The van der Waals surface area contributed by atoms with Crippen LogP contribution in [-0.4, -0.2) is 38.7 Å². The summed E-state index contributed by atoms with van der Waals surface area (Å²) in [4.78, 5) is 14.4. The van der Waals surface area contributed by atoms with Crippen LogP contribution in [0.3, 0.4) is 0 Å². The first-order chi connectivity index (χ1) is 9.94. The minimum atomic E-state index is -1.36. The number of ether oxygens (including phenoxy) is 1. The zero-order valence-corrected chi connectivity index (χ0v) is 11.6. The molecule has 0 radical (unpaired) electrons. The summed E-state index contributed by atoms with van der Waals surface area (Å²) in [5, 5.41) is 10.8. The monoisotopic (exact) mass is 313 g/mol. The summed E-state index contributed by atoms with van der Waals surface area (Å²) < 4.78 is 30.5. The molecule has 2 aliphatic rings. The molecule has 112 valence electrons. The minimum absolute atomic E-state index is 0.0376. The van der Waals surface area contributed by atoms with Gasteiger partial charge in [-0.1, -0.05) is 0 Å². The smallest absolute Gasteiger partial charge is 0.269 e. The first-order valence-electron chi connectivity index (χ1n) is 6.18. The van der Waals surface area contributed by atoms with Crippen molar-refractivity contribution >= 4 is 22.3 Å². The fraction of sp³-hybridized carbons (Fsp3) is 0.417. The second-order valence-corrected chi connectivity index (χ2v) is 6.80. The number of halogens is 1. The molecule has 2 aliphatic heterocycles. The molecular formula is C12H12FN3O4S. The van der Waals surface area contributed by atoms with Crippen molar-refractivity contribution in [3.05, 3.63) is 39.7 Å². The molecule has 0 aliphatic carbocycles. The number of hydrogen-bond donors (Lipinski definition) is 1. The Morgan fingerprint density at radius 2 is 2.24 bits per heavy atom. The van der Waals surface area contributed by atoms with Crippen LogP contribution in [0.2, 0.25) is 0 Å². The number of hydrogen-bond acceptors (Lipinski definition) is 6. The number of nitrogens with zero attached hydrogens (tertiary/aromatic N) is 2. The van der Waals surface area contributed by atoms with Crippen molar-refractivity contribution in [1.82, 2.24) is 0 Å². The number of nitrogens with two attached hydrogens (primary N) is 1. The number of nitro benzene ring substituents is 1. The van der Waals surface area contributed by atoms with Crippen LogP contribution in [0.1, 0.15) is 11.6 Å². The maximum absolute atomic E-state index is 13.9. The van der Waals surface area contributed by atoms with E-state index in [0.717, 1.165) is 18.2 Å². The van der Waals surface area contributed by atoms with Crippen LogP contribution in [0.4, 0.5) is 10.1 Å². The van der Waals surface area contributed by atoms with Gasteiger partial charge in [-0.2, -0.15) is 0 Å². The molecule has 2 heterocycles. The molecule has 9 heteroatoms. The fourth-order valence-corrected chi connectivity index (χ4v) is 3.94. The van der Waals surface area contributed by atoms with E-state index < -0.39 is 32.3 Å². The molecule has 2 N–H and O–H groups in total. The average molecular weight is 313 g/mol. The van der Waals surface area contributed by atoms with E-state index in [2.05, 4.69) is 4.99 Å². The number of non-ortho nitro benzene ring substituents is 1. The van der Waals surface area contributed by atoms with Crippen LogP contribution >= 0.6 is 0 Å². The van der Waals surface area contributed by atoms with Crippen molar-refractivity contribution < 1.29 is 18.3 Å². The van der Waals surface area contributed by atoms with E-state index in [9.17, 15) is 18.7 Å². The third kappa shape index (κ3) is 2.12. The van der Waals surface area contributed by atoms with Crippen molar-refractivity contribution in [2.75, 3.05) is 19.0 Å². The molecule has 1 spiro atoms. The molecule has 0 saturated carbocycles. The summed E-state index contributed by atoms with van der Waals surface area (Å²) in [7, 11) is -1.36. The topological polar surface area (TPSA) is 108 Å². The summed E-state index contributed by atoms with van der Waals surface area (Å²) in [5.41, 5.74) is 5.66. The lowest BCUT2D eigenvalue weighted by molar-refractivity contribution is -0.385. The Labute approximate surface area is 121 Å². The van der Waals surface area contributed by atoms with Crippen molar-refractivity contribution in [2.24, 2.45) is 10.7 Å². The van der Waals surface area contributed by atoms with Gasteiger partial charge in [0.25, 0.3) is 5.69 Å². The molecule has 1 aromatic rings. The SMILES string of the molecule is NC1=NC(c2cc([N+](=O)[O-])ccc2F)CS(=O)C12COC2. The van der Waals surface area contributed by atoms with Crippen molar-refractivity contribution in [2.45, 2.75) is 10.8 Å². The van der Waals surface area contributed by atoms with Crippen LogP contribution in [0.25, 0.3) is 0 Å². The maximum Gasteiger partial charge on any atom is 0.269 e. The maximum atomic E-state index is 13.9. The summed E-state index contributed by atoms with van der Waals surface area (Å²) >= 11 is 0. The Hall–Kier alpha value is -1.87. The second kappa shape index (κ2) is 4.85. The van der Waals surface area contributed by atoms with Gasteiger partial charge in [-0.3, -0.25) is 19.3 Å². The molecule has 1 fully saturated rings. The highest BCUT2D eigenvalue weighted by atomic mass is 32.2. The van der Waals surface area contributed by atoms with E-state index >= 15 is 0 Å². The van der Waals surface area contributed by atoms with Gasteiger partial charge in [0, 0.05) is 28.5 Å². The fourth-order valence-electron chi connectivity index (χ4n) is 2.37. The summed E-state index contributed by atoms with van der Waals surface area (Å²) in [6.45, 7) is 0.470. The largest absolute Gasteiger partial charge is 0.386 e. The Kier molecular flexibility index (Phi) is 3.25. The molecule has 0 bridgehead atoms. The van der Waals surface area contributed by atoms with E-state index in [1.54, 1.807) is 0 Å². The van der Waals surface area contributed by atoms with Crippen LogP contribution in [0, 0.1) is 15.9 Å². The lowest BCUT2D eigenvalue weighted by Crippen LogP contribution is -2.64. The van der Waals surface area contributed by atoms with Crippen molar-refractivity contribution in [1.29, 1.82) is 0 Å². The van der Waals surface area contributed by atoms with Crippen molar-refractivity contribution in [3.8, 4) is 0 Å². The molecule has 2 atom stereocenters. The normalized spacial score (nSPS) is 27.0. The number of rotatable bonds is 2. The number of benzene rings is 1. The molecule has 0 aromatic heterocycles. The lowest BCUT2D eigenvalue weighted by Gasteiger charge is -2.43. The zero-order chi connectivity index (χ0) is 15.2. The van der Waals surface area contributed by atoms with Crippen LogP contribution in [0.5, 0.6) is 0 Å². The predicted octanol–water partition coefficient (Wildman–Crippen LogP) is 0.663. The molecule has 1 aromatic carbocycles. The predicted molar refractivity (Wildman–Crippen MR) is 74.0 cm³/mol. The third-order valence-electron chi connectivity index (χ3n) is 3.73. The molecule has 2 unspecified atom stereocenters. The standard InChI is InChI=1S/C12H12FN3O4S/c13-9-2-1-7(16(17)18)3-8(9)10-4-21(19)12(5-20-6-12)11(14)15-10/h1-3,10H,4-6H2,(H2,14,15). The highest BCUT2D eigenvalue weighted by molar-refractivity contribution is 7.87. The second-order valence-electron chi connectivity index (χ2n) is 4.99. The zero-order valence-electron chi connectivity index (χ0n) is 10.8. The number of nitro groups is 1. The van der Waals surface area contributed by atoms with E-state index in [4.69, 9.17) is 10.5 Å². The quantitative estimate of drug-likeness (QED) is 0.637. The number of aliphatic imine (C=N–C) groups is 1. The van der Waals surface area contributed by atoms with Crippen LogP contribution < -0.4 is 5.73 Å². The van der Waals surface area contributed by atoms with E-state index in [1.807, 2.05) is 0 Å². The van der Waals surface area contributed by atoms with Crippen LogP contribution in [-0.2, 0) is 15.5 Å². The van der Waals surface area contributed by atoms with Gasteiger partial charge in [0.1, 0.15) is 16.4 Å². The van der Waals surface area contributed by atoms with Gasteiger partial charge in [0.15, 0.2) is 0 Å². The molecule has 1 saturated heterocycles. The molecule has 0 amide bonds. The Balaban J connectivity index is 2.00. The Morgan fingerprint density at radius 1 is 1.52 bits per heavy atom. The van der Waals surface area contributed by atoms with Crippen molar-refractivity contribution in [3.63, 3.8) is 0 Å². The van der Waals surface area contributed by atoms with Gasteiger partial charge in [0.05, 0.1) is 29.9 Å². The van der Waals surface area contributed by atoms with Gasteiger partial charge in [0.2, 0.25) is 0 Å². The van der Waals surface area contributed by atoms with Gasteiger partial charge in [-0.15, -0.1) is 0 Å². The van der Waals surface area contributed by atoms with E-state index in [0.29, 0.717) is 0 Å². The lowest BCUT2D eigenvalue weighted by atomic mass is 10.0. The Morgan fingerprint density at radius 3 is 2.76 bits per heavy atom.